The summed E-state index contributed by atoms with van der Waals surface area (Å²) in [4.78, 5) is 72.4. The molecule has 0 spiro atoms. The van der Waals surface area contributed by atoms with E-state index in [9.17, 15) is 19.2 Å². The molecule has 0 radical (unpaired) electrons. The molecule has 2 aliphatic rings. The predicted molar refractivity (Wildman–Crippen MR) is 244 cm³/mol. The van der Waals surface area contributed by atoms with Gasteiger partial charge in [-0.2, -0.15) is 0 Å². The van der Waals surface area contributed by atoms with Gasteiger partial charge in [-0.15, -0.1) is 0 Å². The number of nitrogens with zero attached hydrogens (tertiary/aromatic N) is 4. The normalized spacial score (nSPS) is 22.1. The van der Waals surface area contributed by atoms with E-state index in [1.54, 1.807) is 0 Å². The van der Waals surface area contributed by atoms with Gasteiger partial charge in [0.05, 0.1) is 38.2 Å². The maximum atomic E-state index is 14.0. The van der Waals surface area contributed by atoms with Crippen molar-refractivity contribution in [2.45, 2.75) is 104 Å². The Kier molecular flexibility index (Phi) is 13.2. The van der Waals surface area contributed by atoms with Crippen molar-refractivity contribution in [2.75, 3.05) is 14.2 Å². The summed E-state index contributed by atoms with van der Waals surface area (Å²) in [5.41, 5.74) is 5.39. The predicted octanol–water partition coefficient (Wildman–Crippen LogP) is 9.30. The summed E-state index contributed by atoms with van der Waals surface area (Å²) in [5, 5.41) is 7.93. The molecule has 63 heavy (non-hydrogen) atoms. The highest BCUT2D eigenvalue weighted by Gasteiger charge is 2.46. The molecule has 0 unspecified atom stereocenters. The molecule has 8 atom stereocenters. The number of methoxy groups -OCH3 is 2. The molecule has 4 heterocycles. The Balaban J connectivity index is 1.07. The van der Waals surface area contributed by atoms with Gasteiger partial charge in [0.25, 0.3) is 0 Å². The molecular weight excluding hydrogens is 820 g/mol. The lowest BCUT2D eigenvalue weighted by atomic mass is 9.98. The van der Waals surface area contributed by atoms with E-state index in [4.69, 9.17) is 31.0 Å². The molecule has 0 bridgehead atoms. The number of fused-ring (bicyclic) bond motifs is 1. The molecule has 2 fully saturated rings. The minimum atomic E-state index is -0.754. The summed E-state index contributed by atoms with van der Waals surface area (Å²) in [7, 11) is 2.58. The summed E-state index contributed by atoms with van der Waals surface area (Å²) in [6.45, 7) is 15.9. The molecule has 15 heteroatoms. The number of nitrogens with one attached hydrogen (secondary N) is 4. The van der Waals surface area contributed by atoms with Crippen LogP contribution in [-0.4, -0.2) is 92.1 Å². The lowest BCUT2D eigenvalue weighted by Crippen LogP contribution is -2.53. The zero-order valence-corrected chi connectivity index (χ0v) is 38.4. The number of ether oxygens (including phenoxy) is 2. The van der Waals surface area contributed by atoms with Crippen LogP contribution in [0.15, 0.2) is 66.9 Å². The second kappa shape index (κ2) is 18.4. The molecule has 0 aliphatic carbocycles. The third-order valence-electron chi connectivity index (χ3n) is 13.2. The van der Waals surface area contributed by atoms with Crippen LogP contribution in [-0.2, 0) is 19.1 Å². The Labute approximate surface area is 373 Å². The van der Waals surface area contributed by atoms with Crippen LogP contribution in [0.25, 0.3) is 44.4 Å². The number of hydrogen-bond acceptors (Lipinski definition) is 8. The third-order valence-corrected chi connectivity index (χ3v) is 13.5. The SMILES string of the molecule is COC(=O)N[C@H](C(=O)N1[C@H](C)[C@H](C)C[C@H]1c1ncc(-c2ccc(-c3ccc4cc(-c5nc([C@@H]6C[C@@H](C)[C@@H](C)N6C(=O)[C@@H](NC(=O)OC)C(C)C)[nH]c5Cl)ccc4c3)cc2)[nH]1)C(C)C. The zero-order chi connectivity index (χ0) is 45.4. The van der Waals surface area contributed by atoms with Crippen molar-refractivity contribution in [3.05, 3.63) is 83.7 Å². The molecule has 5 aromatic rings. The van der Waals surface area contributed by atoms with Crippen molar-refractivity contribution in [3.8, 4) is 33.6 Å². The summed E-state index contributed by atoms with van der Waals surface area (Å²) < 4.78 is 9.63. The Morgan fingerprint density at radius 3 is 1.63 bits per heavy atom. The van der Waals surface area contributed by atoms with Crippen LogP contribution >= 0.6 is 11.6 Å². The van der Waals surface area contributed by atoms with Gasteiger partial charge in [-0.1, -0.05) is 102 Å². The van der Waals surface area contributed by atoms with Gasteiger partial charge in [0.15, 0.2) is 0 Å². The number of aromatic amines is 2. The number of carbonyl (C=O) groups excluding carboxylic acids is 4. The highest BCUT2D eigenvalue weighted by molar-refractivity contribution is 6.32. The van der Waals surface area contributed by atoms with E-state index in [0.29, 0.717) is 28.9 Å². The number of amides is 4. The maximum Gasteiger partial charge on any atom is 0.407 e. The van der Waals surface area contributed by atoms with Crippen molar-refractivity contribution in [1.82, 2.24) is 40.4 Å². The van der Waals surface area contributed by atoms with Gasteiger partial charge in [0.1, 0.15) is 34.6 Å². The van der Waals surface area contributed by atoms with Crippen LogP contribution in [0.5, 0.6) is 0 Å². The minimum absolute atomic E-state index is 0.0389. The number of benzene rings is 3. The number of imidazole rings is 2. The van der Waals surface area contributed by atoms with Gasteiger partial charge in [0, 0.05) is 17.6 Å². The molecule has 7 rings (SSSR count). The first-order valence-electron chi connectivity index (χ1n) is 21.8. The largest absolute Gasteiger partial charge is 0.453 e. The molecule has 2 aliphatic heterocycles. The number of alkyl carbamates (subject to hydrolysis) is 2. The van der Waals surface area contributed by atoms with E-state index >= 15 is 0 Å². The molecule has 4 amide bonds. The van der Waals surface area contributed by atoms with E-state index in [1.807, 2.05) is 63.6 Å². The van der Waals surface area contributed by atoms with Crippen molar-refractivity contribution in [3.63, 3.8) is 0 Å². The first-order valence-corrected chi connectivity index (χ1v) is 22.2. The smallest absolute Gasteiger partial charge is 0.407 e. The Morgan fingerprint density at radius 2 is 1.13 bits per heavy atom. The van der Waals surface area contributed by atoms with E-state index in [1.165, 1.54) is 14.2 Å². The van der Waals surface area contributed by atoms with Crippen molar-refractivity contribution < 1.29 is 28.7 Å². The zero-order valence-electron chi connectivity index (χ0n) is 37.7. The van der Waals surface area contributed by atoms with Crippen molar-refractivity contribution in [2.24, 2.45) is 23.7 Å². The van der Waals surface area contributed by atoms with Crippen molar-refractivity contribution >= 4 is 46.4 Å². The highest BCUT2D eigenvalue weighted by atomic mass is 35.5. The molecule has 3 aromatic carbocycles. The Bertz CT molecular complexity index is 2480. The number of H-pyrrole nitrogens is 2. The first-order chi connectivity index (χ1) is 30.0. The average Bonchev–Trinajstić information content (AvgIpc) is 4.05. The van der Waals surface area contributed by atoms with Gasteiger partial charge in [-0.05, 0) is 90.0 Å². The van der Waals surface area contributed by atoms with E-state index in [2.05, 4.69) is 89.0 Å². The molecular formula is C48H59ClN8O6. The van der Waals surface area contributed by atoms with Gasteiger partial charge in [-0.3, -0.25) is 9.59 Å². The van der Waals surface area contributed by atoms with Crippen LogP contribution in [0.2, 0.25) is 5.15 Å². The number of hydrogen-bond donors (Lipinski definition) is 4. The van der Waals surface area contributed by atoms with E-state index in [0.717, 1.165) is 45.1 Å². The summed E-state index contributed by atoms with van der Waals surface area (Å²) in [6.07, 6.45) is 1.98. The highest BCUT2D eigenvalue weighted by Crippen LogP contribution is 2.43. The molecule has 2 saturated heterocycles. The van der Waals surface area contributed by atoms with Gasteiger partial charge >= 0.3 is 12.2 Å². The standard InChI is InChI=1S/C48H59ClN8O6/c1-24(2)39(53-47(60)62-9)45(58)56-28(7)26(5)19-37(56)43-50-23-36(51-43)31-13-11-30(12-14-31)32-15-16-34-22-35(18-17-33(34)21-32)41-42(49)55-44(52-41)38-20-27(6)29(8)57(38)46(59)40(25(3)4)54-48(61)63-10/h11-18,21-29,37-40H,19-20H2,1-10H3,(H,50,51)(H,52,55)(H,53,60)(H,54,61)/t26-,27-,28-,29-,37+,38+,39+,40+/m1/s1. The first kappa shape index (κ1) is 45.1. The topological polar surface area (TPSA) is 175 Å². The number of aromatic nitrogens is 4. The summed E-state index contributed by atoms with van der Waals surface area (Å²) in [6, 6.07) is 18.6. The molecule has 14 nitrogen and oxygen atoms in total. The summed E-state index contributed by atoms with van der Waals surface area (Å²) in [5.74, 6) is 1.14. The van der Waals surface area contributed by atoms with Crippen LogP contribution < -0.4 is 10.6 Å². The number of halogens is 1. The summed E-state index contributed by atoms with van der Waals surface area (Å²) >= 11 is 6.84. The third kappa shape index (κ3) is 9.00. The van der Waals surface area contributed by atoms with Gasteiger partial charge in [0.2, 0.25) is 11.8 Å². The quantitative estimate of drug-likeness (QED) is 0.102. The number of carbonyl (C=O) groups is 4. The van der Waals surface area contributed by atoms with Gasteiger partial charge in [-0.25, -0.2) is 19.6 Å². The van der Waals surface area contributed by atoms with E-state index in [-0.39, 0.29) is 59.7 Å². The van der Waals surface area contributed by atoms with Crippen molar-refractivity contribution in [1.29, 1.82) is 0 Å². The maximum absolute atomic E-state index is 14.0. The fourth-order valence-electron chi connectivity index (χ4n) is 9.14. The van der Waals surface area contributed by atoms with Crippen LogP contribution in [0.3, 0.4) is 0 Å². The number of likely N-dealkylation sites (tertiary alicyclic amines) is 2. The fraction of sp³-hybridized carbons (Fsp3) is 0.458. The van der Waals surface area contributed by atoms with Crippen LogP contribution in [0, 0.1) is 23.7 Å². The van der Waals surface area contributed by atoms with Crippen LogP contribution in [0.4, 0.5) is 9.59 Å². The molecule has 2 aromatic heterocycles. The Hall–Kier alpha value is -5.89. The Morgan fingerprint density at radius 1 is 0.667 bits per heavy atom. The lowest BCUT2D eigenvalue weighted by Gasteiger charge is -2.33. The van der Waals surface area contributed by atoms with E-state index < -0.39 is 24.3 Å². The lowest BCUT2D eigenvalue weighted by molar-refractivity contribution is -0.138. The van der Waals surface area contributed by atoms with Gasteiger partial charge < -0.3 is 39.9 Å². The second-order valence-electron chi connectivity index (χ2n) is 18.0. The minimum Gasteiger partial charge on any atom is -0.453 e. The molecule has 0 saturated carbocycles. The van der Waals surface area contributed by atoms with Crippen LogP contribution in [0.1, 0.15) is 92.0 Å². The molecule has 334 valence electrons. The molecule has 4 N–H and O–H groups in total. The fourth-order valence-corrected chi connectivity index (χ4v) is 9.39. The average molecular weight is 880 g/mol. The second-order valence-corrected chi connectivity index (χ2v) is 18.3. The number of rotatable bonds is 11. The monoisotopic (exact) mass is 878 g/mol.